The van der Waals surface area contributed by atoms with Crippen molar-refractivity contribution in [2.24, 2.45) is 0 Å². The SMILES string of the molecule is Cc1ccc(-n2ccnc2C2CC(=O)c3c(C)nc(N)nc3C2)c(F)c1. The van der Waals surface area contributed by atoms with Crippen molar-refractivity contribution in [3.05, 3.63) is 64.7 Å². The first kappa shape index (κ1) is 16.4. The number of nitrogen functional groups attached to an aromatic ring is 1. The Morgan fingerprint density at radius 3 is 2.81 bits per heavy atom. The number of ketones is 1. The van der Waals surface area contributed by atoms with Gasteiger partial charge in [0.15, 0.2) is 5.78 Å². The van der Waals surface area contributed by atoms with Crippen LogP contribution in [0.4, 0.5) is 10.3 Å². The van der Waals surface area contributed by atoms with E-state index in [9.17, 15) is 9.18 Å². The largest absolute Gasteiger partial charge is 0.368 e. The predicted molar refractivity (Wildman–Crippen MR) is 94.8 cm³/mol. The van der Waals surface area contributed by atoms with Gasteiger partial charge in [0.1, 0.15) is 11.6 Å². The summed E-state index contributed by atoms with van der Waals surface area (Å²) >= 11 is 0. The molecular weight excluding hydrogens is 333 g/mol. The highest BCUT2D eigenvalue weighted by atomic mass is 19.1. The van der Waals surface area contributed by atoms with E-state index in [2.05, 4.69) is 15.0 Å². The summed E-state index contributed by atoms with van der Waals surface area (Å²) in [5, 5.41) is 0. The Balaban J connectivity index is 1.76. The van der Waals surface area contributed by atoms with Crippen LogP contribution in [0.3, 0.4) is 0 Å². The van der Waals surface area contributed by atoms with Gasteiger partial charge < -0.3 is 10.3 Å². The Kier molecular flexibility index (Phi) is 3.79. The number of hydrogen-bond donors (Lipinski definition) is 1. The maximum Gasteiger partial charge on any atom is 0.220 e. The zero-order valence-electron chi connectivity index (χ0n) is 14.5. The van der Waals surface area contributed by atoms with E-state index in [1.54, 1.807) is 30.0 Å². The van der Waals surface area contributed by atoms with Crippen LogP contribution < -0.4 is 5.73 Å². The van der Waals surface area contributed by atoms with Gasteiger partial charge in [-0.2, -0.15) is 0 Å². The molecule has 26 heavy (non-hydrogen) atoms. The van der Waals surface area contributed by atoms with Crippen molar-refractivity contribution in [3.8, 4) is 5.69 Å². The first-order valence-corrected chi connectivity index (χ1v) is 8.40. The number of nitrogens with zero attached hydrogens (tertiary/aromatic N) is 4. The summed E-state index contributed by atoms with van der Waals surface area (Å²) in [6.45, 7) is 3.60. The van der Waals surface area contributed by atoms with Crippen LogP contribution in [0, 0.1) is 19.7 Å². The lowest BCUT2D eigenvalue weighted by atomic mass is 9.84. The van der Waals surface area contributed by atoms with Crippen molar-refractivity contribution in [1.82, 2.24) is 19.5 Å². The van der Waals surface area contributed by atoms with Crippen LogP contribution in [0.5, 0.6) is 0 Å². The Labute approximate surface area is 149 Å². The number of hydrogen-bond acceptors (Lipinski definition) is 5. The summed E-state index contributed by atoms with van der Waals surface area (Å²) in [6, 6.07) is 5.05. The molecule has 0 aliphatic heterocycles. The van der Waals surface area contributed by atoms with Crippen molar-refractivity contribution < 1.29 is 9.18 Å². The average molecular weight is 351 g/mol. The van der Waals surface area contributed by atoms with Crippen molar-refractivity contribution >= 4 is 11.7 Å². The molecule has 1 atom stereocenters. The van der Waals surface area contributed by atoms with Crippen LogP contribution in [0.2, 0.25) is 0 Å². The van der Waals surface area contributed by atoms with Gasteiger partial charge in [-0.25, -0.2) is 19.3 Å². The van der Waals surface area contributed by atoms with Crippen molar-refractivity contribution in [2.75, 3.05) is 5.73 Å². The number of imidazole rings is 1. The molecule has 0 spiro atoms. The quantitative estimate of drug-likeness (QED) is 0.767. The van der Waals surface area contributed by atoms with Gasteiger partial charge in [0, 0.05) is 31.2 Å². The summed E-state index contributed by atoms with van der Waals surface area (Å²) in [6.07, 6.45) is 4.13. The van der Waals surface area contributed by atoms with E-state index < -0.39 is 0 Å². The van der Waals surface area contributed by atoms with Crippen LogP contribution in [-0.2, 0) is 6.42 Å². The van der Waals surface area contributed by atoms with E-state index in [0.717, 1.165) is 5.56 Å². The van der Waals surface area contributed by atoms with Crippen molar-refractivity contribution in [3.63, 3.8) is 0 Å². The fourth-order valence-corrected chi connectivity index (χ4v) is 3.61. The average Bonchev–Trinajstić information content (AvgIpc) is 3.03. The number of benzene rings is 1. The number of fused-ring (bicyclic) bond motifs is 1. The fraction of sp³-hybridized carbons (Fsp3) is 0.263. The lowest BCUT2D eigenvalue weighted by Gasteiger charge is -2.24. The van der Waals surface area contributed by atoms with Gasteiger partial charge in [-0.15, -0.1) is 0 Å². The van der Waals surface area contributed by atoms with Crippen molar-refractivity contribution in [2.45, 2.75) is 32.6 Å². The number of Topliss-reactive ketones (excluding diaryl/α,β-unsaturated/α-hetero) is 1. The lowest BCUT2D eigenvalue weighted by molar-refractivity contribution is 0.0960. The topological polar surface area (TPSA) is 86.7 Å². The smallest absolute Gasteiger partial charge is 0.220 e. The minimum atomic E-state index is -0.325. The molecule has 0 saturated heterocycles. The fourth-order valence-electron chi connectivity index (χ4n) is 3.61. The van der Waals surface area contributed by atoms with E-state index in [4.69, 9.17) is 5.73 Å². The Morgan fingerprint density at radius 2 is 2.04 bits per heavy atom. The van der Waals surface area contributed by atoms with Gasteiger partial charge in [0.2, 0.25) is 5.95 Å². The summed E-state index contributed by atoms with van der Waals surface area (Å²) in [7, 11) is 0. The Morgan fingerprint density at radius 1 is 1.23 bits per heavy atom. The maximum atomic E-state index is 14.4. The molecule has 2 N–H and O–H groups in total. The monoisotopic (exact) mass is 351 g/mol. The number of nitrogens with two attached hydrogens (primary N) is 1. The standard InChI is InChI=1S/C19H18FN5O/c1-10-3-4-15(13(20)7-10)25-6-5-22-18(25)12-8-14-17(16(26)9-12)11(2)23-19(21)24-14/h3-7,12H,8-9H2,1-2H3,(H2,21,23,24). The van der Waals surface area contributed by atoms with Crippen LogP contribution in [0.1, 0.15) is 45.5 Å². The minimum Gasteiger partial charge on any atom is -0.368 e. The molecule has 2 heterocycles. The minimum absolute atomic E-state index is 0.0346. The number of anilines is 1. The van der Waals surface area contributed by atoms with Crippen molar-refractivity contribution in [1.29, 1.82) is 0 Å². The van der Waals surface area contributed by atoms with Gasteiger partial charge in [-0.1, -0.05) is 6.07 Å². The molecule has 0 saturated carbocycles. The molecule has 6 nitrogen and oxygen atoms in total. The van der Waals surface area contributed by atoms with E-state index >= 15 is 0 Å². The normalized spacial score (nSPS) is 16.6. The van der Waals surface area contributed by atoms with Gasteiger partial charge >= 0.3 is 0 Å². The first-order chi connectivity index (χ1) is 12.4. The highest BCUT2D eigenvalue weighted by Crippen LogP contribution is 2.33. The van der Waals surface area contributed by atoms with E-state index in [-0.39, 0.29) is 29.9 Å². The second kappa shape index (κ2) is 6.01. The Hall–Kier alpha value is -3.09. The van der Waals surface area contributed by atoms with E-state index in [1.807, 2.05) is 13.0 Å². The molecule has 4 rings (SSSR count). The molecule has 1 aliphatic rings. The number of rotatable bonds is 2. The molecule has 7 heteroatoms. The lowest BCUT2D eigenvalue weighted by Crippen LogP contribution is -2.24. The molecule has 2 aromatic heterocycles. The molecule has 0 fully saturated rings. The zero-order chi connectivity index (χ0) is 18.4. The van der Waals surface area contributed by atoms with E-state index in [0.29, 0.717) is 34.9 Å². The van der Waals surface area contributed by atoms with E-state index in [1.165, 1.54) is 6.07 Å². The second-order valence-electron chi connectivity index (χ2n) is 6.63. The number of carbonyl (C=O) groups is 1. The summed E-state index contributed by atoms with van der Waals surface area (Å²) in [5.74, 6) is 0.241. The van der Waals surface area contributed by atoms with Gasteiger partial charge in [-0.3, -0.25) is 4.79 Å². The van der Waals surface area contributed by atoms with Crippen LogP contribution >= 0.6 is 0 Å². The maximum absolute atomic E-state index is 14.4. The highest BCUT2D eigenvalue weighted by Gasteiger charge is 2.32. The summed E-state index contributed by atoms with van der Waals surface area (Å²) in [5.41, 5.74) is 8.79. The molecule has 0 radical (unpaired) electrons. The number of aryl methyl sites for hydroxylation is 2. The number of carbonyl (C=O) groups excluding carboxylic acids is 1. The molecule has 1 unspecified atom stereocenters. The Bertz CT molecular complexity index is 1030. The zero-order valence-corrected chi connectivity index (χ0v) is 14.5. The number of halogens is 1. The number of aromatic nitrogens is 4. The molecular formula is C19H18FN5O. The van der Waals surface area contributed by atoms with Crippen LogP contribution in [0.15, 0.2) is 30.6 Å². The molecule has 1 aromatic carbocycles. The third-order valence-corrected chi connectivity index (χ3v) is 4.73. The van der Waals surface area contributed by atoms with Gasteiger partial charge in [-0.05, 0) is 31.5 Å². The summed E-state index contributed by atoms with van der Waals surface area (Å²) in [4.78, 5) is 25.4. The van der Waals surface area contributed by atoms with Crippen LogP contribution in [-0.4, -0.2) is 25.3 Å². The third kappa shape index (κ3) is 2.65. The molecule has 0 bridgehead atoms. The molecule has 1 aliphatic carbocycles. The second-order valence-corrected chi connectivity index (χ2v) is 6.63. The first-order valence-electron chi connectivity index (χ1n) is 8.40. The van der Waals surface area contributed by atoms with Gasteiger partial charge in [0.05, 0.1) is 22.6 Å². The summed E-state index contributed by atoms with van der Waals surface area (Å²) < 4.78 is 16.1. The predicted octanol–water partition coefficient (Wildman–Crippen LogP) is 2.91. The van der Waals surface area contributed by atoms with Gasteiger partial charge in [0.25, 0.3) is 0 Å². The third-order valence-electron chi connectivity index (χ3n) is 4.73. The highest BCUT2D eigenvalue weighted by molar-refractivity contribution is 5.99. The molecule has 3 aromatic rings. The molecule has 132 valence electrons. The molecule has 0 amide bonds. The van der Waals surface area contributed by atoms with Crippen LogP contribution in [0.25, 0.3) is 5.69 Å².